The lowest BCUT2D eigenvalue weighted by Crippen LogP contribution is -2.43. The van der Waals surface area contributed by atoms with E-state index in [-0.39, 0.29) is 30.5 Å². The summed E-state index contributed by atoms with van der Waals surface area (Å²) in [6.07, 6.45) is 3.37. The Kier molecular flexibility index (Phi) is 6.33. The second-order valence-electron chi connectivity index (χ2n) is 7.18. The standard InChI is InChI=1S/C21H26N4O4/c1-4-28-21(27)16(9-13-10-23-15-8-6-5-7-14(13)15)24-19(26)17-11-29-20(25-17)18(22)12(2)3/h5-8,10-12,16,18,23H,4,9,22H2,1-3H3,(H,24,26). The van der Waals surface area contributed by atoms with Crippen LogP contribution in [0.1, 0.15) is 48.8 Å². The topological polar surface area (TPSA) is 123 Å². The third kappa shape index (κ3) is 4.65. The minimum absolute atomic E-state index is 0.0734. The zero-order valence-electron chi connectivity index (χ0n) is 16.8. The van der Waals surface area contributed by atoms with Gasteiger partial charge in [0.15, 0.2) is 5.69 Å². The van der Waals surface area contributed by atoms with Crippen LogP contribution >= 0.6 is 0 Å². The first-order valence-corrected chi connectivity index (χ1v) is 9.64. The Morgan fingerprint density at radius 1 is 1.31 bits per heavy atom. The molecule has 0 aliphatic heterocycles. The van der Waals surface area contributed by atoms with Gasteiger partial charge in [-0.05, 0) is 24.5 Å². The number of nitrogens with one attached hydrogen (secondary N) is 2. The number of amides is 1. The predicted molar refractivity (Wildman–Crippen MR) is 108 cm³/mol. The molecule has 8 heteroatoms. The van der Waals surface area contributed by atoms with E-state index in [0.29, 0.717) is 0 Å². The number of rotatable bonds is 8. The van der Waals surface area contributed by atoms with E-state index in [2.05, 4.69) is 15.3 Å². The number of hydrogen-bond donors (Lipinski definition) is 3. The van der Waals surface area contributed by atoms with Crippen LogP contribution in [0.3, 0.4) is 0 Å². The molecular formula is C21H26N4O4. The number of carbonyl (C=O) groups excluding carboxylic acids is 2. The van der Waals surface area contributed by atoms with Crippen molar-refractivity contribution in [1.82, 2.24) is 15.3 Å². The minimum atomic E-state index is -0.861. The summed E-state index contributed by atoms with van der Waals surface area (Å²) in [6.45, 7) is 5.81. The van der Waals surface area contributed by atoms with Gasteiger partial charge >= 0.3 is 5.97 Å². The van der Waals surface area contributed by atoms with Crippen LogP contribution in [0.15, 0.2) is 41.1 Å². The zero-order valence-corrected chi connectivity index (χ0v) is 16.8. The molecule has 0 radical (unpaired) electrons. The van der Waals surface area contributed by atoms with Crippen LogP contribution in [0.5, 0.6) is 0 Å². The molecule has 0 fully saturated rings. The molecule has 2 unspecified atom stereocenters. The molecule has 4 N–H and O–H groups in total. The Hall–Kier alpha value is -3.13. The van der Waals surface area contributed by atoms with Gasteiger partial charge in [0.2, 0.25) is 5.89 Å². The molecule has 29 heavy (non-hydrogen) atoms. The fraction of sp³-hybridized carbons (Fsp3) is 0.381. The highest BCUT2D eigenvalue weighted by molar-refractivity contribution is 5.95. The lowest BCUT2D eigenvalue weighted by molar-refractivity contribution is -0.145. The van der Waals surface area contributed by atoms with Gasteiger partial charge in [-0.3, -0.25) is 4.79 Å². The number of oxazole rings is 1. The highest BCUT2D eigenvalue weighted by Gasteiger charge is 2.26. The molecule has 0 aliphatic rings. The number of nitrogens with zero attached hydrogens (tertiary/aromatic N) is 1. The summed E-state index contributed by atoms with van der Waals surface area (Å²) in [5.74, 6) is -0.629. The normalized spacial score (nSPS) is 13.4. The van der Waals surface area contributed by atoms with Gasteiger partial charge in [-0.15, -0.1) is 0 Å². The van der Waals surface area contributed by atoms with E-state index in [1.54, 1.807) is 6.92 Å². The molecule has 0 spiro atoms. The van der Waals surface area contributed by atoms with E-state index in [0.717, 1.165) is 16.5 Å². The number of H-pyrrole nitrogens is 1. The number of ether oxygens (including phenoxy) is 1. The highest BCUT2D eigenvalue weighted by Crippen LogP contribution is 2.20. The summed E-state index contributed by atoms with van der Waals surface area (Å²) in [6, 6.07) is 6.49. The smallest absolute Gasteiger partial charge is 0.328 e. The summed E-state index contributed by atoms with van der Waals surface area (Å²) >= 11 is 0. The number of aromatic nitrogens is 2. The van der Waals surface area contributed by atoms with Crippen molar-refractivity contribution in [3.63, 3.8) is 0 Å². The fourth-order valence-electron chi connectivity index (χ4n) is 3.02. The molecule has 0 saturated carbocycles. The Morgan fingerprint density at radius 2 is 2.07 bits per heavy atom. The van der Waals surface area contributed by atoms with Gasteiger partial charge in [0.05, 0.1) is 12.6 Å². The summed E-state index contributed by atoms with van der Waals surface area (Å²) in [5, 5.41) is 3.70. The largest absolute Gasteiger partial charge is 0.464 e. The van der Waals surface area contributed by atoms with E-state index in [4.69, 9.17) is 14.9 Å². The van der Waals surface area contributed by atoms with Crippen LogP contribution < -0.4 is 11.1 Å². The van der Waals surface area contributed by atoms with Crippen molar-refractivity contribution in [2.75, 3.05) is 6.61 Å². The molecule has 0 bridgehead atoms. The maximum absolute atomic E-state index is 12.7. The van der Waals surface area contributed by atoms with Crippen LogP contribution in [0.25, 0.3) is 10.9 Å². The number of hydrogen-bond acceptors (Lipinski definition) is 6. The number of benzene rings is 1. The molecule has 154 valence electrons. The summed E-state index contributed by atoms with van der Waals surface area (Å²) < 4.78 is 10.5. The average Bonchev–Trinajstić information content (AvgIpc) is 3.34. The van der Waals surface area contributed by atoms with Gasteiger partial charge in [0.1, 0.15) is 12.3 Å². The van der Waals surface area contributed by atoms with E-state index >= 15 is 0 Å². The number of para-hydroxylation sites is 1. The predicted octanol–water partition coefficient (Wildman–Crippen LogP) is 2.72. The Morgan fingerprint density at radius 3 is 2.79 bits per heavy atom. The van der Waals surface area contributed by atoms with E-state index < -0.39 is 24.0 Å². The third-order valence-corrected chi connectivity index (χ3v) is 4.73. The highest BCUT2D eigenvalue weighted by atomic mass is 16.5. The van der Waals surface area contributed by atoms with E-state index in [1.165, 1.54) is 6.26 Å². The lowest BCUT2D eigenvalue weighted by atomic mass is 10.0. The van der Waals surface area contributed by atoms with Gasteiger partial charge in [-0.25, -0.2) is 9.78 Å². The monoisotopic (exact) mass is 398 g/mol. The third-order valence-electron chi connectivity index (χ3n) is 4.73. The number of carbonyl (C=O) groups is 2. The molecule has 3 aromatic rings. The maximum atomic E-state index is 12.7. The Balaban J connectivity index is 1.78. The molecule has 0 saturated heterocycles. The molecule has 1 amide bonds. The number of esters is 1. The summed E-state index contributed by atoms with van der Waals surface area (Å²) in [5.41, 5.74) is 7.95. The lowest BCUT2D eigenvalue weighted by Gasteiger charge is -2.16. The van der Waals surface area contributed by atoms with Crippen LogP contribution in [-0.2, 0) is 16.0 Å². The van der Waals surface area contributed by atoms with Crippen molar-refractivity contribution in [3.8, 4) is 0 Å². The fourth-order valence-corrected chi connectivity index (χ4v) is 3.02. The van der Waals surface area contributed by atoms with Crippen molar-refractivity contribution in [2.24, 2.45) is 11.7 Å². The van der Waals surface area contributed by atoms with Gasteiger partial charge < -0.3 is 25.2 Å². The van der Waals surface area contributed by atoms with Gasteiger partial charge in [-0.2, -0.15) is 0 Å². The Labute approximate surface area is 168 Å². The van der Waals surface area contributed by atoms with E-state index in [9.17, 15) is 9.59 Å². The maximum Gasteiger partial charge on any atom is 0.328 e. The van der Waals surface area contributed by atoms with Crippen molar-refractivity contribution >= 4 is 22.8 Å². The molecule has 2 aromatic heterocycles. The number of nitrogens with two attached hydrogens (primary N) is 1. The average molecular weight is 398 g/mol. The second kappa shape index (κ2) is 8.91. The zero-order chi connectivity index (χ0) is 21.0. The van der Waals surface area contributed by atoms with Crippen molar-refractivity contribution in [1.29, 1.82) is 0 Å². The van der Waals surface area contributed by atoms with Crippen LogP contribution in [-0.4, -0.2) is 34.5 Å². The number of fused-ring (bicyclic) bond motifs is 1. The van der Waals surface area contributed by atoms with E-state index in [1.807, 2.05) is 44.3 Å². The van der Waals surface area contributed by atoms with Gasteiger partial charge in [0.25, 0.3) is 5.91 Å². The molecule has 2 heterocycles. The quantitative estimate of drug-likeness (QED) is 0.501. The molecular weight excluding hydrogens is 372 g/mol. The first-order chi connectivity index (χ1) is 13.9. The molecule has 1 aromatic carbocycles. The molecule has 8 nitrogen and oxygen atoms in total. The van der Waals surface area contributed by atoms with Gasteiger partial charge in [-0.1, -0.05) is 32.0 Å². The first kappa shape index (κ1) is 20.6. The SMILES string of the molecule is CCOC(=O)C(Cc1c[nH]c2ccccc12)NC(=O)c1coc(C(N)C(C)C)n1. The van der Waals surface area contributed by atoms with Gasteiger partial charge in [0, 0.05) is 23.5 Å². The second-order valence-corrected chi connectivity index (χ2v) is 7.18. The number of aromatic amines is 1. The van der Waals surface area contributed by atoms with Crippen molar-refractivity contribution < 1.29 is 18.7 Å². The van der Waals surface area contributed by atoms with Crippen LogP contribution in [0.2, 0.25) is 0 Å². The van der Waals surface area contributed by atoms with Crippen LogP contribution in [0, 0.1) is 5.92 Å². The molecule has 2 atom stereocenters. The summed E-state index contributed by atoms with van der Waals surface area (Å²) in [7, 11) is 0. The summed E-state index contributed by atoms with van der Waals surface area (Å²) in [4.78, 5) is 32.5. The minimum Gasteiger partial charge on any atom is -0.464 e. The first-order valence-electron chi connectivity index (χ1n) is 9.64. The van der Waals surface area contributed by atoms with Crippen molar-refractivity contribution in [3.05, 3.63) is 53.9 Å². The molecule has 3 rings (SSSR count). The molecule has 0 aliphatic carbocycles. The van der Waals surface area contributed by atoms with Crippen LogP contribution in [0.4, 0.5) is 0 Å². The van der Waals surface area contributed by atoms with Crippen molar-refractivity contribution in [2.45, 2.75) is 39.3 Å². The Bertz CT molecular complexity index is 991.